The van der Waals surface area contributed by atoms with Crippen molar-refractivity contribution in [3.63, 3.8) is 0 Å². The van der Waals surface area contributed by atoms with E-state index in [2.05, 4.69) is 95.6 Å². The molecule has 4 rings (SSSR count). The lowest BCUT2D eigenvalue weighted by Crippen LogP contribution is -2.47. The quantitative estimate of drug-likeness (QED) is 0.616. The Morgan fingerprint density at radius 2 is 1.26 bits per heavy atom. The molecule has 0 aliphatic carbocycles. The van der Waals surface area contributed by atoms with Crippen LogP contribution in [0.2, 0.25) is 0 Å². The maximum absolute atomic E-state index is 5.54. The topological polar surface area (TPSA) is 24.1 Å². The molecule has 1 unspecified atom stereocenters. The molecule has 1 aliphatic heterocycles. The fourth-order valence-electron chi connectivity index (χ4n) is 3.59. The van der Waals surface area contributed by atoms with E-state index in [1.165, 1.54) is 16.7 Å². The van der Waals surface area contributed by atoms with Gasteiger partial charge in [-0.15, -0.1) is 0 Å². The van der Waals surface area contributed by atoms with E-state index in [4.69, 9.17) is 12.2 Å². The van der Waals surface area contributed by atoms with Crippen molar-refractivity contribution in [2.75, 3.05) is 0 Å². The van der Waals surface area contributed by atoms with Crippen molar-refractivity contribution in [2.24, 2.45) is 0 Å². The van der Waals surface area contributed by atoms with E-state index in [0.29, 0.717) is 5.11 Å². The molecule has 1 atom stereocenters. The van der Waals surface area contributed by atoms with Gasteiger partial charge in [-0.05, 0) is 41.7 Å². The highest BCUT2D eigenvalue weighted by Crippen LogP contribution is 2.31. The molecular weight excluding hydrogens is 348 g/mol. The van der Waals surface area contributed by atoms with Gasteiger partial charge >= 0.3 is 0 Å². The fraction of sp³-hybridized carbons (Fsp3) is 0.125. The van der Waals surface area contributed by atoms with Crippen LogP contribution in [0.15, 0.2) is 91.0 Å². The van der Waals surface area contributed by atoms with Gasteiger partial charge in [0.1, 0.15) is 0 Å². The van der Waals surface area contributed by atoms with Crippen LogP contribution in [0.1, 0.15) is 23.1 Å². The highest BCUT2D eigenvalue weighted by atomic mass is 32.1. The zero-order valence-electron chi connectivity index (χ0n) is 15.1. The molecule has 1 heterocycles. The molecule has 0 amide bonds. The van der Waals surface area contributed by atoms with Crippen LogP contribution in [0, 0.1) is 0 Å². The Bertz CT molecular complexity index is 934. The van der Waals surface area contributed by atoms with Crippen LogP contribution < -0.4 is 10.6 Å². The Balaban J connectivity index is 1.75. The van der Waals surface area contributed by atoms with E-state index in [1.807, 2.05) is 6.07 Å². The summed E-state index contributed by atoms with van der Waals surface area (Å²) in [6.45, 7) is 0. The van der Waals surface area contributed by atoms with Crippen LogP contribution in [0.4, 0.5) is 0 Å². The summed E-state index contributed by atoms with van der Waals surface area (Å²) in [5, 5.41) is 7.59. The molecule has 0 bridgehead atoms. The summed E-state index contributed by atoms with van der Waals surface area (Å²) in [5.74, 6) is 0. The number of hydrogen-bond acceptors (Lipinski definition) is 1. The largest absolute Gasteiger partial charge is 0.356 e. The molecule has 3 aromatic rings. The number of aryl methyl sites for hydroxylation is 1. The van der Waals surface area contributed by atoms with Crippen molar-refractivity contribution < 1.29 is 0 Å². The molecule has 0 spiro atoms. The van der Waals surface area contributed by atoms with Crippen molar-refractivity contribution in [3.8, 4) is 0 Å². The predicted octanol–water partition coefficient (Wildman–Crippen LogP) is 5.03. The highest BCUT2D eigenvalue weighted by Gasteiger charge is 2.26. The van der Waals surface area contributed by atoms with E-state index in [0.717, 1.165) is 24.1 Å². The Hall–Kier alpha value is -2.91. The lowest BCUT2D eigenvalue weighted by molar-refractivity contribution is 0.661. The lowest BCUT2D eigenvalue weighted by atomic mass is 9.89. The summed E-state index contributed by atoms with van der Waals surface area (Å²) in [6, 6.07) is 31.8. The van der Waals surface area contributed by atoms with Crippen molar-refractivity contribution in [1.82, 2.24) is 10.6 Å². The van der Waals surface area contributed by atoms with Crippen LogP contribution in [-0.4, -0.2) is 11.2 Å². The standard InChI is InChI=1S/C24H22N2S/c27-24-25-21(17-16-18-10-4-1-5-11-18)22(19-12-6-2-7-13-19)23(26-24)20-14-8-3-9-15-20/h1-15,21H,16-17H2,(H2,25,26,27). The van der Waals surface area contributed by atoms with Crippen molar-refractivity contribution >= 4 is 28.6 Å². The van der Waals surface area contributed by atoms with Gasteiger partial charge in [-0.2, -0.15) is 0 Å². The third-order valence-corrected chi connectivity index (χ3v) is 5.09. The molecule has 0 fully saturated rings. The van der Waals surface area contributed by atoms with Gasteiger partial charge in [0.2, 0.25) is 0 Å². The predicted molar refractivity (Wildman–Crippen MR) is 117 cm³/mol. The zero-order chi connectivity index (χ0) is 18.5. The summed E-state index contributed by atoms with van der Waals surface area (Å²) >= 11 is 5.54. The third kappa shape index (κ3) is 4.09. The molecule has 0 saturated heterocycles. The molecule has 0 saturated carbocycles. The van der Waals surface area contributed by atoms with E-state index in [1.54, 1.807) is 0 Å². The Morgan fingerprint density at radius 1 is 0.704 bits per heavy atom. The number of benzene rings is 3. The normalized spacial score (nSPS) is 16.6. The molecule has 2 N–H and O–H groups in total. The number of nitrogens with one attached hydrogen (secondary N) is 2. The van der Waals surface area contributed by atoms with Crippen molar-refractivity contribution in [2.45, 2.75) is 18.9 Å². The van der Waals surface area contributed by atoms with Crippen LogP contribution >= 0.6 is 12.2 Å². The fourth-order valence-corrected chi connectivity index (χ4v) is 3.83. The second kappa shape index (κ2) is 8.19. The summed E-state index contributed by atoms with van der Waals surface area (Å²) < 4.78 is 0. The number of rotatable bonds is 5. The van der Waals surface area contributed by atoms with Crippen molar-refractivity contribution in [3.05, 3.63) is 108 Å². The molecular formula is C24H22N2S. The average molecular weight is 371 g/mol. The Morgan fingerprint density at radius 3 is 1.89 bits per heavy atom. The molecule has 0 aromatic heterocycles. The van der Waals surface area contributed by atoms with Gasteiger partial charge in [-0.1, -0.05) is 91.0 Å². The Kier molecular flexibility index (Phi) is 5.31. The minimum atomic E-state index is 0.163. The average Bonchev–Trinajstić information content (AvgIpc) is 2.74. The van der Waals surface area contributed by atoms with E-state index < -0.39 is 0 Å². The van der Waals surface area contributed by atoms with E-state index in [9.17, 15) is 0 Å². The molecule has 27 heavy (non-hydrogen) atoms. The monoisotopic (exact) mass is 370 g/mol. The first-order chi connectivity index (χ1) is 13.3. The van der Waals surface area contributed by atoms with Crippen LogP contribution in [0.25, 0.3) is 11.3 Å². The van der Waals surface area contributed by atoms with E-state index in [-0.39, 0.29) is 6.04 Å². The first kappa shape index (κ1) is 17.5. The van der Waals surface area contributed by atoms with Crippen LogP contribution in [0.3, 0.4) is 0 Å². The summed E-state index contributed by atoms with van der Waals surface area (Å²) in [5.41, 5.74) is 6.09. The summed E-state index contributed by atoms with van der Waals surface area (Å²) in [7, 11) is 0. The SMILES string of the molecule is S=C1NC(c2ccccc2)=C(c2ccccc2)C(CCc2ccccc2)N1. The second-order valence-corrected chi connectivity index (χ2v) is 7.10. The minimum Gasteiger partial charge on any atom is -0.356 e. The van der Waals surface area contributed by atoms with Gasteiger partial charge < -0.3 is 10.6 Å². The number of hydrogen-bond donors (Lipinski definition) is 2. The number of thiocarbonyl (C=S) groups is 1. The molecule has 3 heteroatoms. The van der Waals surface area contributed by atoms with Gasteiger partial charge in [0, 0.05) is 5.57 Å². The maximum atomic E-state index is 5.54. The first-order valence-corrected chi connectivity index (χ1v) is 9.68. The highest BCUT2D eigenvalue weighted by molar-refractivity contribution is 7.80. The van der Waals surface area contributed by atoms with Crippen LogP contribution in [0.5, 0.6) is 0 Å². The minimum absolute atomic E-state index is 0.163. The third-order valence-electron chi connectivity index (χ3n) is 4.87. The first-order valence-electron chi connectivity index (χ1n) is 9.28. The summed E-state index contributed by atoms with van der Waals surface area (Å²) in [6.07, 6.45) is 1.98. The maximum Gasteiger partial charge on any atom is 0.171 e. The second-order valence-electron chi connectivity index (χ2n) is 6.70. The van der Waals surface area contributed by atoms with Crippen LogP contribution in [-0.2, 0) is 6.42 Å². The van der Waals surface area contributed by atoms with Gasteiger partial charge in [-0.25, -0.2) is 0 Å². The molecule has 134 valence electrons. The molecule has 3 aromatic carbocycles. The summed E-state index contributed by atoms with van der Waals surface area (Å²) in [4.78, 5) is 0. The van der Waals surface area contributed by atoms with E-state index >= 15 is 0 Å². The zero-order valence-corrected chi connectivity index (χ0v) is 15.9. The lowest BCUT2D eigenvalue weighted by Gasteiger charge is -2.32. The molecule has 2 nitrogen and oxygen atoms in total. The van der Waals surface area contributed by atoms with Gasteiger partial charge in [0.15, 0.2) is 5.11 Å². The smallest absolute Gasteiger partial charge is 0.171 e. The van der Waals surface area contributed by atoms with Crippen molar-refractivity contribution in [1.29, 1.82) is 0 Å². The van der Waals surface area contributed by atoms with Gasteiger partial charge in [0.05, 0.1) is 11.7 Å². The van der Waals surface area contributed by atoms with Gasteiger partial charge in [0.25, 0.3) is 0 Å². The molecule has 1 aliphatic rings. The molecule has 0 radical (unpaired) electrons. The Labute approximate surface area is 165 Å². The van der Waals surface area contributed by atoms with Gasteiger partial charge in [-0.3, -0.25) is 0 Å².